The minimum atomic E-state index is -0.484. The molecule has 0 unspecified atom stereocenters. The quantitative estimate of drug-likeness (QED) is 0.624. The minimum absolute atomic E-state index is 0.228. The van der Waals surface area contributed by atoms with E-state index in [-0.39, 0.29) is 5.69 Å². The summed E-state index contributed by atoms with van der Waals surface area (Å²) in [6.07, 6.45) is 3.01. The largest absolute Gasteiger partial charge is 0.464 e. The van der Waals surface area contributed by atoms with E-state index in [1.165, 1.54) is 19.6 Å². The van der Waals surface area contributed by atoms with Gasteiger partial charge in [0.25, 0.3) is 0 Å². The molecule has 0 atom stereocenters. The molecule has 0 aromatic carbocycles. The summed E-state index contributed by atoms with van der Waals surface area (Å²) in [7, 11) is 1.30. The first-order chi connectivity index (χ1) is 7.70. The standard InChI is InChI=1S/C9H8N4O2S/c1-15-9(14)6-4-13(5-10-6)7-2-3-8(16)12-11-7/h2-5H,1H3,(H,12,16). The lowest BCUT2D eigenvalue weighted by Gasteiger charge is -1.98. The molecule has 0 amide bonds. The Hall–Kier alpha value is -2.02. The number of H-pyrrole nitrogens is 1. The van der Waals surface area contributed by atoms with Gasteiger partial charge in [-0.2, -0.15) is 5.10 Å². The summed E-state index contributed by atoms with van der Waals surface area (Å²) in [6, 6.07) is 3.43. The van der Waals surface area contributed by atoms with Crippen LogP contribution in [-0.2, 0) is 4.74 Å². The highest BCUT2D eigenvalue weighted by Crippen LogP contribution is 2.05. The molecule has 0 spiro atoms. The summed E-state index contributed by atoms with van der Waals surface area (Å²) in [5.74, 6) is 0.110. The van der Waals surface area contributed by atoms with Gasteiger partial charge in [0.1, 0.15) is 11.0 Å². The van der Waals surface area contributed by atoms with Crippen LogP contribution >= 0.6 is 12.2 Å². The summed E-state index contributed by atoms with van der Waals surface area (Å²) in [5, 5.41) is 6.64. The SMILES string of the molecule is COC(=O)c1cn(-c2ccc(=S)[nH]n2)cn1. The van der Waals surface area contributed by atoms with Gasteiger partial charge >= 0.3 is 5.97 Å². The molecular formula is C9H8N4O2S. The van der Waals surface area contributed by atoms with E-state index < -0.39 is 5.97 Å². The predicted octanol–water partition coefficient (Wildman–Crippen LogP) is 1.11. The van der Waals surface area contributed by atoms with Crippen molar-refractivity contribution in [2.75, 3.05) is 7.11 Å². The Balaban J connectivity index is 2.35. The first kappa shape index (κ1) is 10.5. The maximum Gasteiger partial charge on any atom is 0.358 e. The van der Waals surface area contributed by atoms with Crippen molar-refractivity contribution in [3.05, 3.63) is 35.0 Å². The molecule has 0 saturated carbocycles. The number of hydrogen-bond donors (Lipinski definition) is 1. The number of methoxy groups -OCH3 is 1. The highest BCUT2D eigenvalue weighted by molar-refractivity contribution is 7.71. The fraction of sp³-hybridized carbons (Fsp3) is 0.111. The topological polar surface area (TPSA) is 72.8 Å². The minimum Gasteiger partial charge on any atom is -0.464 e. The van der Waals surface area contributed by atoms with Crippen LogP contribution in [0.2, 0.25) is 0 Å². The maximum absolute atomic E-state index is 11.2. The number of ether oxygens (including phenoxy) is 1. The smallest absolute Gasteiger partial charge is 0.358 e. The number of nitrogens with one attached hydrogen (secondary N) is 1. The van der Waals surface area contributed by atoms with Gasteiger partial charge in [-0.3, -0.25) is 9.67 Å². The van der Waals surface area contributed by atoms with Gasteiger partial charge < -0.3 is 4.74 Å². The van der Waals surface area contributed by atoms with E-state index in [9.17, 15) is 4.79 Å². The highest BCUT2D eigenvalue weighted by Gasteiger charge is 2.09. The number of aromatic amines is 1. The lowest BCUT2D eigenvalue weighted by molar-refractivity contribution is 0.0594. The molecule has 2 heterocycles. The Morgan fingerprint density at radius 3 is 3.00 bits per heavy atom. The number of carbonyl (C=O) groups is 1. The van der Waals surface area contributed by atoms with Crippen molar-refractivity contribution in [2.45, 2.75) is 0 Å². The Morgan fingerprint density at radius 2 is 2.38 bits per heavy atom. The molecule has 7 heteroatoms. The van der Waals surface area contributed by atoms with Gasteiger partial charge in [0.2, 0.25) is 0 Å². The van der Waals surface area contributed by atoms with Gasteiger partial charge in [0.15, 0.2) is 11.5 Å². The Kier molecular flexibility index (Phi) is 2.78. The molecule has 2 aromatic heterocycles. The average Bonchev–Trinajstić information content (AvgIpc) is 2.78. The molecule has 6 nitrogen and oxygen atoms in total. The van der Waals surface area contributed by atoms with Crippen LogP contribution in [0.15, 0.2) is 24.7 Å². The van der Waals surface area contributed by atoms with E-state index in [0.29, 0.717) is 10.5 Å². The number of hydrogen-bond acceptors (Lipinski definition) is 5. The van der Waals surface area contributed by atoms with Crippen LogP contribution in [0.4, 0.5) is 0 Å². The molecule has 16 heavy (non-hydrogen) atoms. The monoisotopic (exact) mass is 236 g/mol. The molecule has 2 aromatic rings. The summed E-state index contributed by atoms with van der Waals surface area (Å²) in [6.45, 7) is 0. The lowest BCUT2D eigenvalue weighted by atomic mass is 10.5. The molecule has 0 aliphatic heterocycles. The third kappa shape index (κ3) is 1.98. The predicted molar refractivity (Wildman–Crippen MR) is 57.9 cm³/mol. The molecule has 1 N–H and O–H groups in total. The number of esters is 1. The van der Waals surface area contributed by atoms with E-state index in [0.717, 1.165) is 0 Å². The van der Waals surface area contributed by atoms with E-state index in [4.69, 9.17) is 12.2 Å². The van der Waals surface area contributed by atoms with Crippen molar-refractivity contribution in [1.82, 2.24) is 19.7 Å². The van der Waals surface area contributed by atoms with Crippen LogP contribution < -0.4 is 0 Å². The van der Waals surface area contributed by atoms with E-state index in [1.54, 1.807) is 16.7 Å². The molecule has 0 bridgehead atoms. The lowest BCUT2D eigenvalue weighted by Crippen LogP contribution is -2.01. The first-order valence-corrected chi connectivity index (χ1v) is 4.80. The number of carbonyl (C=O) groups excluding carboxylic acids is 1. The third-order valence-corrected chi connectivity index (χ3v) is 2.13. The fourth-order valence-electron chi connectivity index (χ4n) is 1.14. The van der Waals surface area contributed by atoms with E-state index >= 15 is 0 Å². The van der Waals surface area contributed by atoms with Gasteiger partial charge in [-0.1, -0.05) is 12.2 Å². The summed E-state index contributed by atoms with van der Waals surface area (Å²) in [4.78, 5) is 15.1. The molecule has 0 radical (unpaired) electrons. The Morgan fingerprint density at radius 1 is 1.56 bits per heavy atom. The van der Waals surface area contributed by atoms with Crippen LogP contribution in [-0.4, -0.2) is 32.8 Å². The van der Waals surface area contributed by atoms with Gasteiger partial charge in [-0.15, -0.1) is 0 Å². The summed E-state index contributed by atoms with van der Waals surface area (Å²) < 4.78 is 6.68. The first-order valence-electron chi connectivity index (χ1n) is 4.39. The van der Waals surface area contributed by atoms with Crippen molar-refractivity contribution in [3.63, 3.8) is 0 Å². The molecular weight excluding hydrogens is 228 g/mol. The third-order valence-electron chi connectivity index (χ3n) is 1.91. The zero-order valence-corrected chi connectivity index (χ0v) is 9.19. The Labute approximate surface area is 95.9 Å². The molecule has 0 fully saturated rings. The fourth-order valence-corrected chi connectivity index (χ4v) is 1.25. The van der Waals surface area contributed by atoms with E-state index in [2.05, 4.69) is 19.9 Å². The zero-order chi connectivity index (χ0) is 11.5. The van der Waals surface area contributed by atoms with E-state index in [1.807, 2.05) is 0 Å². The van der Waals surface area contributed by atoms with Crippen LogP contribution in [0.25, 0.3) is 5.82 Å². The van der Waals surface area contributed by atoms with Crippen molar-refractivity contribution in [2.24, 2.45) is 0 Å². The van der Waals surface area contributed by atoms with Crippen LogP contribution in [0.3, 0.4) is 0 Å². The second kappa shape index (κ2) is 4.23. The molecule has 0 aliphatic carbocycles. The van der Waals surface area contributed by atoms with Crippen molar-refractivity contribution >= 4 is 18.2 Å². The van der Waals surface area contributed by atoms with Crippen LogP contribution in [0.1, 0.15) is 10.5 Å². The Bertz CT molecular complexity index is 554. The van der Waals surface area contributed by atoms with Crippen molar-refractivity contribution in [1.29, 1.82) is 0 Å². The number of aromatic nitrogens is 4. The van der Waals surface area contributed by atoms with Gasteiger partial charge in [-0.25, -0.2) is 9.78 Å². The van der Waals surface area contributed by atoms with Gasteiger partial charge in [-0.05, 0) is 12.1 Å². The van der Waals surface area contributed by atoms with Crippen LogP contribution in [0, 0.1) is 4.64 Å². The number of imidazole rings is 1. The molecule has 0 saturated heterocycles. The van der Waals surface area contributed by atoms with Gasteiger partial charge in [0.05, 0.1) is 7.11 Å². The molecule has 0 aliphatic rings. The summed E-state index contributed by atoms with van der Waals surface area (Å²) >= 11 is 4.87. The van der Waals surface area contributed by atoms with Gasteiger partial charge in [0, 0.05) is 6.20 Å². The van der Waals surface area contributed by atoms with Crippen LogP contribution in [0.5, 0.6) is 0 Å². The van der Waals surface area contributed by atoms with Crippen molar-refractivity contribution in [3.8, 4) is 5.82 Å². The number of rotatable bonds is 2. The zero-order valence-electron chi connectivity index (χ0n) is 8.38. The molecule has 2 rings (SSSR count). The second-order valence-corrected chi connectivity index (χ2v) is 3.38. The second-order valence-electron chi connectivity index (χ2n) is 2.94. The maximum atomic E-state index is 11.2. The molecule has 82 valence electrons. The summed E-state index contributed by atoms with van der Waals surface area (Å²) in [5.41, 5.74) is 0.228. The number of nitrogens with zero attached hydrogens (tertiary/aromatic N) is 3. The normalized spacial score (nSPS) is 10.1. The highest BCUT2D eigenvalue weighted by atomic mass is 32.1. The average molecular weight is 236 g/mol. The van der Waals surface area contributed by atoms with Crippen molar-refractivity contribution < 1.29 is 9.53 Å².